The maximum atomic E-state index is 12.2. The first-order chi connectivity index (χ1) is 12.9. The van der Waals surface area contributed by atoms with E-state index in [1.807, 2.05) is 26.0 Å². The van der Waals surface area contributed by atoms with Crippen molar-refractivity contribution in [3.05, 3.63) is 35.5 Å². The molecule has 7 nitrogen and oxygen atoms in total. The van der Waals surface area contributed by atoms with E-state index in [0.29, 0.717) is 34.9 Å². The van der Waals surface area contributed by atoms with Gasteiger partial charge in [-0.3, -0.25) is 9.59 Å². The van der Waals surface area contributed by atoms with Gasteiger partial charge in [0.1, 0.15) is 0 Å². The van der Waals surface area contributed by atoms with Crippen LogP contribution in [-0.4, -0.2) is 42.9 Å². The molecule has 8 heteroatoms. The molecule has 0 fully saturated rings. The minimum Gasteiger partial charge on any atom is -0.466 e. The van der Waals surface area contributed by atoms with E-state index >= 15 is 0 Å². The van der Waals surface area contributed by atoms with E-state index in [-0.39, 0.29) is 30.2 Å². The lowest BCUT2D eigenvalue weighted by atomic mass is 10.1. The zero-order valence-electron chi connectivity index (χ0n) is 15.8. The molecule has 1 aromatic carbocycles. The molecule has 0 spiro atoms. The number of methoxy groups -OCH3 is 1. The molecule has 3 N–H and O–H groups in total. The van der Waals surface area contributed by atoms with Gasteiger partial charge in [0.2, 0.25) is 11.8 Å². The molecule has 0 bridgehead atoms. The van der Waals surface area contributed by atoms with Crippen molar-refractivity contribution in [2.75, 3.05) is 35.8 Å². The van der Waals surface area contributed by atoms with Crippen molar-refractivity contribution in [2.45, 2.75) is 20.3 Å². The number of rotatable bonds is 8. The third-order valence-electron chi connectivity index (χ3n) is 3.82. The van der Waals surface area contributed by atoms with Crippen LogP contribution in [0.25, 0.3) is 0 Å². The number of anilines is 2. The maximum Gasteiger partial charge on any atom is 0.336 e. The molecule has 0 atom stereocenters. The number of esters is 1. The quantitative estimate of drug-likeness (QED) is 0.589. The van der Waals surface area contributed by atoms with Crippen molar-refractivity contribution in [3.8, 4) is 0 Å². The van der Waals surface area contributed by atoms with Crippen LogP contribution in [0.3, 0.4) is 0 Å². The SMILES string of the molecule is COC(=O)C1=C(Nc2ccccc2NC(=O)CNC(=O)CC(C)C)CSC1. The highest BCUT2D eigenvalue weighted by molar-refractivity contribution is 8.00. The Bertz CT molecular complexity index is 746. The van der Waals surface area contributed by atoms with E-state index in [0.717, 1.165) is 5.70 Å². The van der Waals surface area contributed by atoms with E-state index in [2.05, 4.69) is 16.0 Å². The predicted molar refractivity (Wildman–Crippen MR) is 108 cm³/mol. The molecule has 1 aliphatic rings. The average Bonchev–Trinajstić information content (AvgIpc) is 3.08. The number of carbonyl (C=O) groups is 3. The van der Waals surface area contributed by atoms with Crippen LogP contribution >= 0.6 is 11.8 Å². The first-order valence-electron chi connectivity index (χ1n) is 8.71. The fraction of sp³-hybridized carbons (Fsp3) is 0.421. The lowest BCUT2D eigenvalue weighted by molar-refractivity contribution is -0.136. The fourth-order valence-corrected chi connectivity index (χ4v) is 3.57. The highest BCUT2D eigenvalue weighted by Gasteiger charge is 2.22. The zero-order valence-corrected chi connectivity index (χ0v) is 16.6. The first-order valence-corrected chi connectivity index (χ1v) is 9.86. The van der Waals surface area contributed by atoms with Gasteiger partial charge in [-0.25, -0.2) is 4.79 Å². The molecule has 2 rings (SSSR count). The summed E-state index contributed by atoms with van der Waals surface area (Å²) >= 11 is 1.62. The smallest absolute Gasteiger partial charge is 0.336 e. The summed E-state index contributed by atoms with van der Waals surface area (Å²) in [6.45, 7) is 3.80. The predicted octanol–water partition coefficient (Wildman–Crippen LogP) is 2.37. The second-order valence-corrected chi connectivity index (χ2v) is 7.52. The van der Waals surface area contributed by atoms with Crippen LogP contribution in [0.1, 0.15) is 20.3 Å². The van der Waals surface area contributed by atoms with Crippen molar-refractivity contribution in [1.29, 1.82) is 0 Å². The van der Waals surface area contributed by atoms with Crippen LogP contribution in [0.15, 0.2) is 35.5 Å². The monoisotopic (exact) mass is 391 g/mol. The topological polar surface area (TPSA) is 96.5 Å². The number of thioether (sulfide) groups is 1. The molecule has 0 saturated carbocycles. The largest absolute Gasteiger partial charge is 0.466 e. The Balaban J connectivity index is 2.02. The van der Waals surface area contributed by atoms with Crippen molar-refractivity contribution in [2.24, 2.45) is 5.92 Å². The summed E-state index contributed by atoms with van der Waals surface area (Å²) in [7, 11) is 1.36. The highest BCUT2D eigenvalue weighted by Crippen LogP contribution is 2.29. The molecule has 27 heavy (non-hydrogen) atoms. The number of hydrogen-bond acceptors (Lipinski definition) is 6. The summed E-state index contributed by atoms with van der Waals surface area (Å²) < 4.78 is 4.82. The van der Waals surface area contributed by atoms with Gasteiger partial charge >= 0.3 is 5.97 Å². The maximum absolute atomic E-state index is 12.2. The van der Waals surface area contributed by atoms with Gasteiger partial charge in [0.05, 0.1) is 30.6 Å². The molecule has 0 unspecified atom stereocenters. The number of hydrogen-bond donors (Lipinski definition) is 3. The lowest BCUT2D eigenvalue weighted by Crippen LogP contribution is -2.33. The van der Waals surface area contributed by atoms with E-state index in [9.17, 15) is 14.4 Å². The molecule has 0 aliphatic carbocycles. The Labute approximate surface area is 163 Å². The van der Waals surface area contributed by atoms with Crippen LogP contribution in [0.2, 0.25) is 0 Å². The normalized spacial score (nSPS) is 13.5. The second kappa shape index (κ2) is 10.0. The van der Waals surface area contributed by atoms with Gasteiger partial charge in [-0.05, 0) is 18.1 Å². The van der Waals surface area contributed by atoms with Gasteiger partial charge in [-0.1, -0.05) is 26.0 Å². The van der Waals surface area contributed by atoms with E-state index in [1.165, 1.54) is 7.11 Å². The molecule has 1 aliphatic heterocycles. The third-order valence-corrected chi connectivity index (χ3v) is 4.80. The second-order valence-electron chi connectivity index (χ2n) is 6.53. The van der Waals surface area contributed by atoms with Gasteiger partial charge in [-0.15, -0.1) is 0 Å². The van der Waals surface area contributed by atoms with Crippen molar-refractivity contribution < 1.29 is 19.1 Å². The molecular weight excluding hydrogens is 366 g/mol. The standard InChI is InChI=1S/C19H25N3O4S/c1-12(2)8-17(23)20-9-18(24)22-15-7-5-4-6-14(15)21-16-11-27-10-13(16)19(25)26-3/h4-7,12,21H,8-11H2,1-3H3,(H,20,23)(H,22,24). The van der Waals surface area contributed by atoms with Crippen molar-refractivity contribution >= 4 is 40.9 Å². The number of nitrogens with one attached hydrogen (secondary N) is 3. The van der Waals surface area contributed by atoms with E-state index in [1.54, 1.807) is 23.9 Å². The molecule has 1 aromatic rings. The molecule has 0 aromatic heterocycles. The van der Waals surface area contributed by atoms with Gasteiger partial charge in [0.15, 0.2) is 0 Å². The Morgan fingerprint density at radius 1 is 1.11 bits per heavy atom. The molecule has 2 amide bonds. The van der Waals surface area contributed by atoms with Crippen LogP contribution in [0.5, 0.6) is 0 Å². The molecule has 0 saturated heterocycles. The molecule has 146 valence electrons. The van der Waals surface area contributed by atoms with Crippen LogP contribution in [-0.2, 0) is 19.1 Å². The number of amides is 2. The Hall–Kier alpha value is -2.48. The Morgan fingerprint density at radius 2 is 1.81 bits per heavy atom. The average molecular weight is 391 g/mol. The van der Waals surface area contributed by atoms with Gasteiger partial charge in [0, 0.05) is 23.6 Å². The zero-order chi connectivity index (χ0) is 19.8. The summed E-state index contributed by atoms with van der Waals surface area (Å²) in [5.41, 5.74) is 2.64. The molecule has 0 radical (unpaired) electrons. The number of carbonyl (C=O) groups excluding carboxylic acids is 3. The fourth-order valence-electron chi connectivity index (χ4n) is 2.53. The van der Waals surface area contributed by atoms with Gasteiger partial charge in [0.25, 0.3) is 0 Å². The Kier molecular flexibility index (Phi) is 7.72. The Morgan fingerprint density at radius 3 is 2.48 bits per heavy atom. The lowest BCUT2D eigenvalue weighted by Gasteiger charge is -2.15. The minimum atomic E-state index is -0.350. The molecular formula is C19H25N3O4S. The minimum absolute atomic E-state index is 0.0914. The van der Waals surface area contributed by atoms with Crippen molar-refractivity contribution in [3.63, 3.8) is 0 Å². The van der Waals surface area contributed by atoms with Crippen LogP contribution in [0.4, 0.5) is 11.4 Å². The summed E-state index contributed by atoms with van der Waals surface area (Å²) in [6.07, 6.45) is 0.382. The first kappa shape index (κ1) is 20.8. The third kappa shape index (κ3) is 6.32. The summed E-state index contributed by atoms with van der Waals surface area (Å²) in [5, 5.41) is 8.63. The van der Waals surface area contributed by atoms with Crippen LogP contribution < -0.4 is 16.0 Å². The number of para-hydroxylation sites is 2. The summed E-state index contributed by atoms with van der Waals surface area (Å²) in [6, 6.07) is 7.22. The molecule has 1 heterocycles. The summed E-state index contributed by atoms with van der Waals surface area (Å²) in [5.74, 6) is 0.673. The van der Waals surface area contributed by atoms with E-state index in [4.69, 9.17) is 4.74 Å². The summed E-state index contributed by atoms with van der Waals surface area (Å²) in [4.78, 5) is 35.7. The van der Waals surface area contributed by atoms with Gasteiger partial charge < -0.3 is 20.7 Å². The van der Waals surface area contributed by atoms with Crippen LogP contribution in [0, 0.1) is 5.92 Å². The highest BCUT2D eigenvalue weighted by atomic mass is 32.2. The van der Waals surface area contributed by atoms with Crippen molar-refractivity contribution in [1.82, 2.24) is 5.32 Å². The van der Waals surface area contributed by atoms with E-state index < -0.39 is 0 Å². The van der Waals surface area contributed by atoms with Gasteiger partial charge in [-0.2, -0.15) is 11.8 Å². The number of benzene rings is 1. The number of ether oxygens (including phenoxy) is 1.